The molecule has 0 saturated carbocycles. The molecule has 1 fully saturated rings. The molecule has 1 atom stereocenters. The number of halogens is 1. The summed E-state index contributed by atoms with van der Waals surface area (Å²) < 4.78 is 0. The summed E-state index contributed by atoms with van der Waals surface area (Å²) in [6.45, 7) is 0. The van der Waals surface area contributed by atoms with Gasteiger partial charge in [-0.05, 0) is 35.9 Å². The molecule has 5 rings (SSSR count). The second-order valence-corrected chi connectivity index (χ2v) is 7.74. The first-order chi connectivity index (χ1) is 15.1. The number of carbonyl (C=O) groups excluding carboxylic acids is 2. The van der Waals surface area contributed by atoms with Crippen molar-refractivity contribution in [2.24, 2.45) is 0 Å². The lowest BCUT2D eigenvalue weighted by Gasteiger charge is -2.25. The van der Waals surface area contributed by atoms with Gasteiger partial charge in [-0.3, -0.25) is 14.5 Å². The van der Waals surface area contributed by atoms with E-state index in [0.29, 0.717) is 21.8 Å². The molecule has 1 amide bonds. The van der Waals surface area contributed by atoms with Crippen LogP contribution in [0.25, 0.3) is 16.7 Å². The van der Waals surface area contributed by atoms with Gasteiger partial charge in [-0.25, -0.2) is 0 Å². The minimum absolute atomic E-state index is 0.0425. The average Bonchev–Trinajstić information content (AvgIpc) is 3.34. The molecule has 0 aliphatic carbocycles. The fraction of sp³-hybridized carbons (Fsp3) is 0.0400. The number of Topliss-reactive ketones (excluding diaryl/α,β-unsaturated/α-hetero) is 1. The lowest BCUT2D eigenvalue weighted by Crippen LogP contribution is -2.29. The number of aromatic nitrogens is 1. The fourth-order valence-corrected chi connectivity index (χ4v) is 4.19. The van der Waals surface area contributed by atoms with Crippen LogP contribution in [0.3, 0.4) is 0 Å². The highest BCUT2D eigenvalue weighted by molar-refractivity contribution is 6.51. The number of rotatable bonds is 3. The van der Waals surface area contributed by atoms with E-state index in [1.54, 1.807) is 54.7 Å². The van der Waals surface area contributed by atoms with Crippen LogP contribution < -0.4 is 4.90 Å². The third-order valence-electron chi connectivity index (χ3n) is 5.51. The molecule has 3 aromatic carbocycles. The van der Waals surface area contributed by atoms with E-state index in [0.717, 1.165) is 10.9 Å². The van der Waals surface area contributed by atoms with E-state index in [1.807, 2.05) is 30.3 Å². The Morgan fingerprint density at radius 2 is 1.58 bits per heavy atom. The van der Waals surface area contributed by atoms with Crippen LogP contribution in [0.4, 0.5) is 5.69 Å². The van der Waals surface area contributed by atoms with Crippen LogP contribution in [0.2, 0.25) is 5.02 Å². The summed E-state index contributed by atoms with van der Waals surface area (Å²) in [6.07, 6.45) is 1.65. The number of amides is 1. The summed E-state index contributed by atoms with van der Waals surface area (Å²) in [6, 6.07) is 22.6. The number of aromatic amines is 1. The molecule has 152 valence electrons. The highest BCUT2D eigenvalue weighted by atomic mass is 35.5. The number of nitrogens with zero attached hydrogens (tertiary/aromatic N) is 1. The van der Waals surface area contributed by atoms with Crippen LogP contribution in [0.1, 0.15) is 17.2 Å². The number of carbonyl (C=O) groups is 2. The summed E-state index contributed by atoms with van der Waals surface area (Å²) in [5, 5.41) is 12.6. The number of para-hydroxylation sites is 2. The van der Waals surface area contributed by atoms with E-state index < -0.39 is 17.7 Å². The molecule has 1 aliphatic heterocycles. The number of H-pyrrole nitrogens is 1. The van der Waals surface area contributed by atoms with Crippen molar-refractivity contribution in [1.29, 1.82) is 0 Å². The smallest absolute Gasteiger partial charge is 0.300 e. The van der Waals surface area contributed by atoms with E-state index >= 15 is 0 Å². The van der Waals surface area contributed by atoms with Crippen LogP contribution in [0.15, 0.2) is 90.6 Å². The van der Waals surface area contributed by atoms with Crippen LogP contribution in [0.5, 0.6) is 0 Å². The van der Waals surface area contributed by atoms with Crippen molar-refractivity contribution in [3.63, 3.8) is 0 Å². The summed E-state index contributed by atoms with van der Waals surface area (Å²) in [5.74, 6) is -1.63. The van der Waals surface area contributed by atoms with Crippen molar-refractivity contribution < 1.29 is 14.7 Å². The number of fused-ring (bicyclic) bond motifs is 1. The molecule has 1 unspecified atom stereocenters. The van der Waals surface area contributed by atoms with E-state index in [4.69, 9.17) is 11.6 Å². The molecular weight excluding hydrogens is 412 g/mol. The number of nitrogens with one attached hydrogen (secondary N) is 1. The van der Waals surface area contributed by atoms with Crippen molar-refractivity contribution in [2.75, 3.05) is 4.90 Å². The van der Waals surface area contributed by atoms with E-state index in [-0.39, 0.29) is 11.3 Å². The molecular formula is C25H17ClN2O3. The van der Waals surface area contributed by atoms with Gasteiger partial charge in [0.2, 0.25) is 0 Å². The van der Waals surface area contributed by atoms with Gasteiger partial charge in [0.05, 0.1) is 11.6 Å². The van der Waals surface area contributed by atoms with E-state index in [2.05, 4.69) is 4.98 Å². The van der Waals surface area contributed by atoms with Crippen LogP contribution >= 0.6 is 11.6 Å². The molecule has 2 N–H and O–H groups in total. The van der Waals surface area contributed by atoms with Gasteiger partial charge in [0.15, 0.2) is 0 Å². The Balaban J connectivity index is 1.76. The topological polar surface area (TPSA) is 73.4 Å². The van der Waals surface area contributed by atoms with Gasteiger partial charge in [0.1, 0.15) is 5.76 Å². The molecule has 2 heterocycles. The molecule has 6 heteroatoms. The monoisotopic (exact) mass is 428 g/mol. The number of aliphatic hydroxyl groups excluding tert-OH is 1. The zero-order valence-electron chi connectivity index (χ0n) is 16.2. The third-order valence-corrected chi connectivity index (χ3v) is 5.76. The molecule has 0 radical (unpaired) electrons. The maximum atomic E-state index is 13.2. The van der Waals surface area contributed by atoms with E-state index in [1.165, 1.54) is 4.90 Å². The lowest BCUT2D eigenvalue weighted by atomic mass is 9.95. The minimum atomic E-state index is -0.784. The predicted octanol–water partition coefficient (Wildman–Crippen LogP) is 5.45. The summed E-state index contributed by atoms with van der Waals surface area (Å²) >= 11 is 6.06. The SMILES string of the molecule is O=C1C(=O)N(c2ccccc2)C(c2ccc(Cl)cc2)/C1=C(/O)c1c[nH]c2ccccc12. The average molecular weight is 429 g/mol. The second-order valence-electron chi connectivity index (χ2n) is 7.30. The first-order valence-electron chi connectivity index (χ1n) is 9.74. The Kier molecular flexibility index (Phi) is 4.60. The Labute approximate surface area is 183 Å². The molecule has 1 saturated heterocycles. The molecule has 0 bridgehead atoms. The first kappa shape index (κ1) is 19.2. The number of hydrogen-bond acceptors (Lipinski definition) is 3. The van der Waals surface area contributed by atoms with Gasteiger partial charge in [0, 0.05) is 33.4 Å². The number of aliphatic hydroxyl groups is 1. The fourth-order valence-electron chi connectivity index (χ4n) is 4.06. The zero-order valence-corrected chi connectivity index (χ0v) is 17.0. The van der Waals surface area contributed by atoms with Gasteiger partial charge in [-0.15, -0.1) is 0 Å². The molecule has 1 aromatic heterocycles. The largest absolute Gasteiger partial charge is 0.507 e. The molecule has 1 aliphatic rings. The lowest BCUT2D eigenvalue weighted by molar-refractivity contribution is -0.132. The number of hydrogen-bond donors (Lipinski definition) is 2. The van der Waals surface area contributed by atoms with Crippen LogP contribution in [-0.2, 0) is 9.59 Å². The van der Waals surface area contributed by atoms with Crippen molar-refractivity contribution in [3.8, 4) is 0 Å². The van der Waals surface area contributed by atoms with E-state index in [9.17, 15) is 14.7 Å². The Morgan fingerprint density at radius 3 is 2.32 bits per heavy atom. The van der Waals surface area contributed by atoms with Gasteiger partial charge < -0.3 is 10.1 Å². The Bertz CT molecular complexity index is 1340. The summed E-state index contributed by atoms with van der Waals surface area (Å²) in [4.78, 5) is 30.8. The van der Waals surface area contributed by atoms with Crippen molar-refractivity contribution >= 4 is 45.6 Å². The highest BCUT2D eigenvalue weighted by Crippen LogP contribution is 2.43. The zero-order chi connectivity index (χ0) is 21.5. The maximum Gasteiger partial charge on any atom is 0.300 e. The second kappa shape index (κ2) is 7.45. The summed E-state index contributed by atoms with van der Waals surface area (Å²) in [5.41, 5.74) is 2.59. The standard InChI is InChI=1S/C25H17ClN2O3/c26-16-12-10-15(11-13-16)22-21(23(29)19-14-27-20-9-5-4-8-18(19)20)24(30)25(31)28(22)17-6-2-1-3-7-17/h1-14,22,27,29H/b23-21-. The summed E-state index contributed by atoms with van der Waals surface area (Å²) in [7, 11) is 0. The van der Waals surface area contributed by atoms with Gasteiger partial charge >= 0.3 is 0 Å². The molecule has 31 heavy (non-hydrogen) atoms. The first-order valence-corrected chi connectivity index (χ1v) is 10.1. The van der Waals surface area contributed by atoms with Gasteiger partial charge in [0.25, 0.3) is 11.7 Å². The van der Waals surface area contributed by atoms with Crippen LogP contribution in [0, 0.1) is 0 Å². The number of anilines is 1. The molecule has 5 nitrogen and oxygen atoms in total. The normalized spacial score (nSPS) is 18.1. The highest BCUT2D eigenvalue weighted by Gasteiger charge is 2.47. The van der Waals surface area contributed by atoms with Crippen LogP contribution in [-0.4, -0.2) is 21.8 Å². The quantitative estimate of drug-likeness (QED) is 0.259. The predicted molar refractivity (Wildman–Crippen MR) is 121 cm³/mol. The number of ketones is 1. The Morgan fingerprint density at radius 1 is 0.903 bits per heavy atom. The number of benzene rings is 3. The Hall–Kier alpha value is -3.83. The molecule has 0 spiro atoms. The van der Waals surface area contributed by atoms with Gasteiger partial charge in [-0.1, -0.05) is 60.1 Å². The third kappa shape index (κ3) is 3.10. The maximum absolute atomic E-state index is 13.2. The van der Waals surface area contributed by atoms with Gasteiger partial charge in [-0.2, -0.15) is 0 Å². The van der Waals surface area contributed by atoms with Crippen molar-refractivity contribution in [3.05, 3.63) is 107 Å². The minimum Gasteiger partial charge on any atom is -0.507 e. The molecule has 4 aromatic rings. The van der Waals surface area contributed by atoms with Crippen molar-refractivity contribution in [2.45, 2.75) is 6.04 Å². The van der Waals surface area contributed by atoms with Crippen molar-refractivity contribution in [1.82, 2.24) is 4.98 Å².